The summed E-state index contributed by atoms with van der Waals surface area (Å²) in [5.74, 6) is 1.25. The first-order valence-electron chi connectivity index (χ1n) is 9.11. The highest BCUT2D eigenvalue weighted by Crippen LogP contribution is 2.64. The van der Waals surface area contributed by atoms with Crippen molar-refractivity contribution in [3.8, 4) is 0 Å². The van der Waals surface area contributed by atoms with Gasteiger partial charge < -0.3 is 15.3 Å². The third-order valence-corrected chi connectivity index (χ3v) is 8.05. The number of aliphatic hydroxyl groups is 3. The fourth-order valence-electron chi connectivity index (χ4n) is 6.60. The Hall–Kier alpha value is -0.380. The summed E-state index contributed by atoms with van der Waals surface area (Å²) in [5, 5.41) is 31.3. The third kappa shape index (κ3) is 1.85. The van der Waals surface area contributed by atoms with Crippen molar-refractivity contribution in [2.75, 3.05) is 0 Å². The lowest BCUT2D eigenvalue weighted by Gasteiger charge is -2.58. The van der Waals surface area contributed by atoms with Crippen LogP contribution in [0.2, 0.25) is 0 Å². The highest BCUT2D eigenvalue weighted by molar-refractivity contribution is 5.27. The van der Waals surface area contributed by atoms with Gasteiger partial charge in [-0.15, -0.1) is 0 Å². The average Bonchev–Trinajstić information content (AvgIpc) is 2.77. The Morgan fingerprint density at radius 2 is 1.73 bits per heavy atom. The molecule has 0 aromatic rings. The zero-order valence-electron chi connectivity index (χ0n) is 13.8. The van der Waals surface area contributed by atoms with E-state index in [1.807, 2.05) is 0 Å². The van der Waals surface area contributed by atoms with E-state index in [2.05, 4.69) is 19.9 Å². The lowest BCUT2D eigenvalue weighted by atomic mass is 9.47. The predicted octanol–water partition coefficient (Wildman–Crippen LogP) is 2.64. The molecular formula is C19H30O3. The molecule has 0 heterocycles. The smallest absolute Gasteiger partial charge is 0.0757 e. The van der Waals surface area contributed by atoms with Crippen LogP contribution in [0.25, 0.3) is 0 Å². The molecule has 3 saturated carbocycles. The minimum Gasteiger partial charge on any atom is -0.393 e. The van der Waals surface area contributed by atoms with Crippen LogP contribution in [-0.4, -0.2) is 33.6 Å². The Bertz CT molecular complexity index is 501. The van der Waals surface area contributed by atoms with Crippen molar-refractivity contribution >= 4 is 0 Å². The number of hydrogen-bond donors (Lipinski definition) is 3. The molecule has 3 N–H and O–H groups in total. The van der Waals surface area contributed by atoms with Gasteiger partial charge in [-0.3, -0.25) is 0 Å². The molecule has 0 aromatic heterocycles. The number of hydrogen-bond acceptors (Lipinski definition) is 3. The summed E-state index contributed by atoms with van der Waals surface area (Å²) < 4.78 is 0. The summed E-state index contributed by atoms with van der Waals surface area (Å²) in [4.78, 5) is 0. The Morgan fingerprint density at radius 3 is 2.50 bits per heavy atom. The quantitative estimate of drug-likeness (QED) is 0.603. The molecule has 0 aliphatic heterocycles. The van der Waals surface area contributed by atoms with E-state index in [0.717, 1.165) is 44.9 Å². The molecule has 0 spiro atoms. The first kappa shape index (κ1) is 15.2. The van der Waals surface area contributed by atoms with E-state index in [1.165, 1.54) is 5.57 Å². The fourth-order valence-corrected chi connectivity index (χ4v) is 6.60. The largest absolute Gasteiger partial charge is 0.393 e. The van der Waals surface area contributed by atoms with E-state index in [-0.39, 0.29) is 23.0 Å². The van der Waals surface area contributed by atoms with Crippen LogP contribution in [0.4, 0.5) is 0 Å². The van der Waals surface area contributed by atoms with Crippen LogP contribution in [0.15, 0.2) is 11.6 Å². The van der Waals surface area contributed by atoms with Gasteiger partial charge in [0.25, 0.3) is 0 Å². The Balaban J connectivity index is 1.73. The average molecular weight is 306 g/mol. The maximum atomic E-state index is 10.9. The molecule has 0 radical (unpaired) electrons. The van der Waals surface area contributed by atoms with Crippen LogP contribution in [0.1, 0.15) is 58.8 Å². The summed E-state index contributed by atoms with van der Waals surface area (Å²) in [6, 6.07) is 0. The molecule has 0 amide bonds. The Labute approximate surface area is 133 Å². The van der Waals surface area contributed by atoms with E-state index in [1.54, 1.807) is 0 Å². The minimum absolute atomic E-state index is 0.00195. The topological polar surface area (TPSA) is 60.7 Å². The van der Waals surface area contributed by atoms with Crippen LogP contribution in [0.5, 0.6) is 0 Å². The molecule has 3 nitrogen and oxygen atoms in total. The molecule has 3 fully saturated rings. The summed E-state index contributed by atoms with van der Waals surface area (Å²) in [6.45, 7) is 4.60. The highest BCUT2D eigenvalue weighted by Gasteiger charge is 2.60. The number of rotatable bonds is 0. The standard InChI is InChI=1S/C19H30O3/c1-18-7-5-12(20)9-11(18)10-15(21)17-13-3-4-16(22)19(13,2)8-6-14(17)18/h10,12-17,20-22H,3-9H2,1-2H3. The number of aliphatic hydroxyl groups excluding tert-OH is 3. The van der Waals surface area contributed by atoms with E-state index < -0.39 is 6.10 Å². The van der Waals surface area contributed by atoms with Crippen molar-refractivity contribution in [2.45, 2.75) is 77.1 Å². The van der Waals surface area contributed by atoms with Gasteiger partial charge >= 0.3 is 0 Å². The van der Waals surface area contributed by atoms with Crippen LogP contribution in [0.3, 0.4) is 0 Å². The minimum atomic E-state index is -0.395. The predicted molar refractivity (Wildman–Crippen MR) is 85.1 cm³/mol. The van der Waals surface area contributed by atoms with Gasteiger partial charge in [0, 0.05) is 0 Å². The normalized spacial score (nSPS) is 57.6. The Kier molecular flexibility index (Phi) is 3.32. The van der Waals surface area contributed by atoms with Crippen molar-refractivity contribution < 1.29 is 15.3 Å². The molecule has 4 aliphatic carbocycles. The molecule has 0 saturated heterocycles. The third-order valence-electron chi connectivity index (χ3n) is 8.05. The molecule has 3 heteroatoms. The lowest BCUT2D eigenvalue weighted by molar-refractivity contribution is -0.105. The first-order chi connectivity index (χ1) is 10.4. The van der Waals surface area contributed by atoms with Crippen LogP contribution in [0, 0.1) is 28.6 Å². The van der Waals surface area contributed by atoms with Crippen LogP contribution in [-0.2, 0) is 0 Å². The molecular weight excluding hydrogens is 276 g/mol. The van der Waals surface area contributed by atoms with Gasteiger partial charge in [0.05, 0.1) is 18.3 Å². The second-order valence-electron chi connectivity index (χ2n) is 8.92. The van der Waals surface area contributed by atoms with Crippen LogP contribution < -0.4 is 0 Å². The maximum Gasteiger partial charge on any atom is 0.0757 e. The van der Waals surface area contributed by atoms with Gasteiger partial charge in [0.2, 0.25) is 0 Å². The van der Waals surface area contributed by atoms with Gasteiger partial charge in [-0.2, -0.15) is 0 Å². The van der Waals surface area contributed by atoms with Crippen molar-refractivity contribution in [3.63, 3.8) is 0 Å². The zero-order chi connectivity index (χ0) is 15.7. The lowest BCUT2D eigenvalue weighted by Crippen LogP contribution is -2.55. The van der Waals surface area contributed by atoms with E-state index in [9.17, 15) is 15.3 Å². The van der Waals surface area contributed by atoms with E-state index in [0.29, 0.717) is 17.8 Å². The molecule has 124 valence electrons. The van der Waals surface area contributed by atoms with Crippen molar-refractivity contribution in [1.29, 1.82) is 0 Å². The SMILES string of the molecule is CC12CCC(O)CC1=CC(O)C1C2CCC2(C)C(O)CCC12. The van der Waals surface area contributed by atoms with Gasteiger partial charge in [-0.05, 0) is 73.5 Å². The molecule has 8 unspecified atom stereocenters. The Morgan fingerprint density at radius 1 is 0.955 bits per heavy atom. The van der Waals surface area contributed by atoms with Gasteiger partial charge in [0.15, 0.2) is 0 Å². The number of fused-ring (bicyclic) bond motifs is 5. The molecule has 4 aliphatic rings. The summed E-state index contributed by atoms with van der Waals surface area (Å²) in [6.07, 6.45) is 8.05. The molecule has 0 aromatic carbocycles. The first-order valence-corrected chi connectivity index (χ1v) is 9.11. The van der Waals surface area contributed by atoms with Crippen molar-refractivity contribution in [2.24, 2.45) is 28.6 Å². The molecule has 0 bridgehead atoms. The summed E-state index contributed by atoms with van der Waals surface area (Å²) in [7, 11) is 0. The molecule has 22 heavy (non-hydrogen) atoms. The van der Waals surface area contributed by atoms with Gasteiger partial charge in [0.1, 0.15) is 0 Å². The monoisotopic (exact) mass is 306 g/mol. The summed E-state index contributed by atoms with van der Waals surface area (Å²) >= 11 is 0. The van der Waals surface area contributed by atoms with Gasteiger partial charge in [-0.25, -0.2) is 0 Å². The van der Waals surface area contributed by atoms with Crippen molar-refractivity contribution in [3.05, 3.63) is 11.6 Å². The highest BCUT2D eigenvalue weighted by atomic mass is 16.3. The van der Waals surface area contributed by atoms with E-state index >= 15 is 0 Å². The fraction of sp³-hybridized carbons (Fsp3) is 0.895. The van der Waals surface area contributed by atoms with E-state index in [4.69, 9.17) is 0 Å². The second-order valence-corrected chi connectivity index (χ2v) is 8.92. The second kappa shape index (κ2) is 4.81. The zero-order valence-corrected chi connectivity index (χ0v) is 13.8. The van der Waals surface area contributed by atoms with Gasteiger partial charge in [-0.1, -0.05) is 25.5 Å². The van der Waals surface area contributed by atoms with Crippen LogP contribution >= 0.6 is 0 Å². The maximum absolute atomic E-state index is 10.9. The van der Waals surface area contributed by atoms with Crippen molar-refractivity contribution in [1.82, 2.24) is 0 Å². The molecule has 8 atom stereocenters. The molecule has 4 rings (SSSR count). The summed E-state index contributed by atoms with van der Waals surface area (Å²) in [5.41, 5.74) is 1.44.